The van der Waals surface area contributed by atoms with E-state index in [1.807, 2.05) is 0 Å². The van der Waals surface area contributed by atoms with Gasteiger partial charge in [0.15, 0.2) is 5.65 Å². The second kappa shape index (κ2) is 7.21. The highest BCUT2D eigenvalue weighted by atomic mass is 19.4. The molecule has 0 aliphatic carbocycles. The molecule has 0 radical (unpaired) electrons. The lowest BCUT2D eigenvalue weighted by atomic mass is 10.0. The van der Waals surface area contributed by atoms with Crippen molar-refractivity contribution in [1.29, 1.82) is 0 Å². The zero-order valence-corrected chi connectivity index (χ0v) is 16.1. The third kappa shape index (κ3) is 3.43. The second-order valence-corrected chi connectivity index (χ2v) is 6.98. The summed E-state index contributed by atoms with van der Waals surface area (Å²) in [6.45, 7) is 1.47. The maximum Gasteiger partial charge on any atom is 0.458 e. The van der Waals surface area contributed by atoms with Crippen molar-refractivity contribution in [3.63, 3.8) is 0 Å². The van der Waals surface area contributed by atoms with Crippen molar-refractivity contribution in [3.8, 4) is 28.3 Å². The van der Waals surface area contributed by atoms with Gasteiger partial charge < -0.3 is 5.11 Å². The smallest absolute Gasteiger partial charge is 0.458 e. The van der Waals surface area contributed by atoms with Crippen molar-refractivity contribution in [1.82, 2.24) is 14.4 Å². The fourth-order valence-corrected chi connectivity index (χ4v) is 3.35. The summed E-state index contributed by atoms with van der Waals surface area (Å²) in [5, 5.41) is 9.39. The normalized spacial score (nSPS) is 12.5. The van der Waals surface area contributed by atoms with Crippen molar-refractivity contribution >= 4 is 5.65 Å². The highest BCUT2D eigenvalue weighted by molar-refractivity contribution is 5.70. The Kier molecular flexibility index (Phi) is 4.87. The summed E-state index contributed by atoms with van der Waals surface area (Å²) in [6, 6.07) is 5.01. The van der Waals surface area contributed by atoms with E-state index in [-0.39, 0.29) is 28.3 Å². The number of halogens is 7. The topological polar surface area (TPSA) is 50.4 Å². The summed E-state index contributed by atoms with van der Waals surface area (Å²) >= 11 is 0. The number of benzene rings is 2. The summed E-state index contributed by atoms with van der Waals surface area (Å²) in [4.78, 5) is 8.19. The molecule has 4 nitrogen and oxygen atoms in total. The van der Waals surface area contributed by atoms with Crippen LogP contribution in [0.2, 0.25) is 0 Å². The summed E-state index contributed by atoms with van der Waals surface area (Å²) in [5.41, 5.74) is -1.55. The summed E-state index contributed by atoms with van der Waals surface area (Å²) in [6.07, 6.45) is -3.37. The number of aryl methyl sites for hydroxylation is 1. The van der Waals surface area contributed by atoms with Crippen LogP contribution in [0.15, 0.2) is 48.8 Å². The summed E-state index contributed by atoms with van der Waals surface area (Å²) < 4.78 is 95.9. The number of fused-ring (bicyclic) bond motifs is 1. The molecule has 4 rings (SSSR count). The van der Waals surface area contributed by atoms with E-state index in [1.54, 1.807) is 0 Å². The number of rotatable bonds is 3. The third-order valence-electron chi connectivity index (χ3n) is 4.82. The molecule has 0 aliphatic heterocycles. The zero-order chi connectivity index (χ0) is 23.4. The zero-order valence-electron chi connectivity index (χ0n) is 16.1. The number of aromatic nitrogens is 3. The molecule has 0 amide bonds. The van der Waals surface area contributed by atoms with Crippen molar-refractivity contribution in [2.45, 2.75) is 19.0 Å². The lowest BCUT2D eigenvalue weighted by Gasteiger charge is -2.20. The number of imidazole rings is 1. The van der Waals surface area contributed by atoms with E-state index < -0.39 is 40.6 Å². The molecule has 0 aliphatic rings. The molecule has 32 heavy (non-hydrogen) atoms. The first kappa shape index (κ1) is 21.6. The van der Waals surface area contributed by atoms with Gasteiger partial charge in [0.05, 0.1) is 28.8 Å². The Bertz CT molecular complexity index is 1320. The Labute approximate surface area is 175 Å². The molecular formula is C21H12F7N3O. The minimum absolute atomic E-state index is 0.0319. The molecule has 0 bridgehead atoms. The Balaban J connectivity index is 1.90. The van der Waals surface area contributed by atoms with Crippen LogP contribution >= 0.6 is 0 Å². The first-order valence-corrected chi connectivity index (χ1v) is 8.98. The number of hydrogen-bond acceptors (Lipinski definition) is 3. The van der Waals surface area contributed by atoms with Gasteiger partial charge in [-0.2, -0.15) is 22.0 Å². The van der Waals surface area contributed by atoms with E-state index in [0.29, 0.717) is 24.3 Å². The van der Waals surface area contributed by atoms with E-state index in [4.69, 9.17) is 0 Å². The van der Waals surface area contributed by atoms with Gasteiger partial charge in [-0.3, -0.25) is 9.38 Å². The Morgan fingerprint density at radius 2 is 1.62 bits per heavy atom. The number of phenols is 1. The number of nitrogens with zero attached hydrogens (tertiary/aromatic N) is 3. The van der Waals surface area contributed by atoms with Crippen LogP contribution in [0.5, 0.6) is 5.75 Å². The molecule has 2 aromatic carbocycles. The number of alkyl halides is 5. The highest BCUT2D eigenvalue weighted by Crippen LogP contribution is 2.44. The maximum atomic E-state index is 14.5. The van der Waals surface area contributed by atoms with Gasteiger partial charge in [-0.15, -0.1) is 0 Å². The van der Waals surface area contributed by atoms with Crippen LogP contribution in [-0.2, 0) is 5.92 Å². The maximum absolute atomic E-state index is 14.5. The molecule has 0 spiro atoms. The number of hydrogen-bond donors (Lipinski definition) is 1. The molecule has 11 heteroatoms. The Morgan fingerprint density at radius 3 is 2.25 bits per heavy atom. The van der Waals surface area contributed by atoms with Crippen LogP contribution in [0.1, 0.15) is 11.3 Å². The lowest BCUT2D eigenvalue weighted by Crippen LogP contribution is -2.33. The molecule has 0 saturated heterocycles. The first-order valence-electron chi connectivity index (χ1n) is 8.98. The SMILES string of the molecule is Cc1nc2cnc(-c3cccc(C(F)(F)C(F)(F)F)c3)cn2c1-c1c(F)cc(O)cc1F. The average molecular weight is 455 g/mol. The van der Waals surface area contributed by atoms with Gasteiger partial charge in [-0.25, -0.2) is 13.8 Å². The first-order chi connectivity index (χ1) is 14.9. The van der Waals surface area contributed by atoms with Gasteiger partial charge in [0.25, 0.3) is 0 Å². The predicted octanol–water partition coefficient (Wildman–Crippen LogP) is 6.01. The fraction of sp³-hybridized carbons (Fsp3) is 0.143. The van der Waals surface area contributed by atoms with Crippen molar-refractivity contribution in [2.24, 2.45) is 0 Å². The highest BCUT2D eigenvalue weighted by Gasteiger charge is 2.58. The standard InChI is InChI=1S/C21H12F7N3O/c1-10-19(18-14(22)6-13(32)7-15(18)23)31-9-16(29-8-17(31)30-10)11-3-2-4-12(5-11)20(24,25)21(26,27)28/h2-9,32H,1H3. The predicted molar refractivity (Wildman–Crippen MR) is 100 cm³/mol. The van der Waals surface area contributed by atoms with Gasteiger partial charge in [0.2, 0.25) is 0 Å². The molecule has 0 atom stereocenters. The molecule has 0 unspecified atom stereocenters. The van der Waals surface area contributed by atoms with Gasteiger partial charge in [0, 0.05) is 29.5 Å². The van der Waals surface area contributed by atoms with Gasteiger partial charge in [0.1, 0.15) is 17.4 Å². The average Bonchev–Trinajstić information content (AvgIpc) is 3.01. The third-order valence-corrected chi connectivity index (χ3v) is 4.82. The van der Waals surface area contributed by atoms with Crippen LogP contribution in [-0.4, -0.2) is 25.7 Å². The molecule has 4 aromatic rings. The van der Waals surface area contributed by atoms with E-state index in [0.717, 1.165) is 6.07 Å². The van der Waals surface area contributed by atoms with Crippen molar-refractivity contribution in [2.75, 3.05) is 0 Å². The minimum atomic E-state index is -5.79. The van der Waals surface area contributed by atoms with Crippen molar-refractivity contribution in [3.05, 3.63) is 71.7 Å². The van der Waals surface area contributed by atoms with Crippen LogP contribution in [0.4, 0.5) is 30.7 Å². The second-order valence-electron chi connectivity index (χ2n) is 6.98. The molecule has 2 heterocycles. The number of aromatic hydroxyl groups is 1. The van der Waals surface area contributed by atoms with Crippen molar-refractivity contribution < 1.29 is 35.8 Å². The van der Waals surface area contributed by atoms with Crippen LogP contribution in [0.25, 0.3) is 28.2 Å². The number of phenolic OH excluding ortho intramolecular Hbond substituents is 1. The van der Waals surface area contributed by atoms with Gasteiger partial charge in [-0.05, 0) is 13.0 Å². The molecule has 166 valence electrons. The van der Waals surface area contributed by atoms with Crippen LogP contribution < -0.4 is 0 Å². The van der Waals surface area contributed by atoms with Crippen LogP contribution in [0.3, 0.4) is 0 Å². The molecular weight excluding hydrogens is 443 g/mol. The summed E-state index contributed by atoms with van der Waals surface area (Å²) in [7, 11) is 0. The fourth-order valence-electron chi connectivity index (χ4n) is 3.35. The lowest BCUT2D eigenvalue weighted by molar-refractivity contribution is -0.289. The van der Waals surface area contributed by atoms with E-state index in [1.165, 1.54) is 29.8 Å². The van der Waals surface area contributed by atoms with Gasteiger partial charge >= 0.3 is 12.1 Å². The molecule has 1 N–H and O–H groups in total. The monoisotopic (exact) mass is 455 g/mol. The van der Waals surface area contributed by atoms with Gasteiger partial charge in [-0.1, -0.05) is 18.2 Å². The molecule has 0 saturated carbocycles. The van der Waals surface area contributed by atoms with E-state index >= 15 is 0 Å². The minimum Gasteiger partial charge on any atom is -0.508 e. The largest absolute Gasteiger partial charge is 0.508 e. The molecule has 2 aromatic heterocycles. The summed E-state index contributed by atoms with van der Waals surface area (Å²) in [5.74, 6) is -7.85. The molecule has 0 fully saturated rings. The quantitative estimate of drug-likeness (QED) is 0.385. The van der Waals surface area contributed by atoms with E-state index in [9.17, 15) is 35.8 Å². The van der Waals surface area contributed by atoms with E-state index in [2.05, 4.69) is 9.97 Å². The Hall–Kier alpha value is -3.63. The van der Waals surface area contributed by atoms with Crippen LogP contribution in [0, 0.1) is 18.6 Å². The Morgan fingerprint density at radius 1 is 0.969 bits per heavy atom.